The molecule has 0 amide bonds. The molecule has 1 heterocycles. The van der Waals surface area contributed by atoms with E-state index in [0.717, 1.165) is 5.56 Å². The Morgan fingerprint density at radius 3 is 2.22 bits per heavy atom. The molecule has 1 atom stereocenters. The molecule has 4 nitrogen and oxygen atoms in total. The van der Waals surface area contributed by atoms with Gasteiger partial charge in [0.05, 0.1) is 16.9 Å². The summed E-state index contributed by atoms with van der Waals surface area (Å²) >= 11 is 11.9. The average molecular weight is 349 g/mol. The zero-order chi connectivity index (χ0) is 16.7. The molecule has 0 aliphatic carbocycles. The van der Waals surface area contributed by atoms with Crippen LogP contribution in [0.4, 0.5) is 0 Å². The molecule has 3 aromatic rings. The summed E-state index contributed by atoms with van der Waals surface area (Å²) in [5.74, 6) is 0. The van der Waals surface area contributed by atoms with E-state index >= 15 is 0 Å². The molecule has 118 valence electrons. The second-order valence-electron chi connectivity index (χ2n) is 5.41. The highest BCUT2D eigenvalue weighted by Gasteiger charge is 2.17. The van der Waals surface area contributed by atoms with E-state index in [-0.39, 0.29) is 11.2 Å². The maximum absolute atomic E-state index is 12.8. The lowest BCUT2D eigenvalue weighted by Crippen LogP contribution is -2.41. The Morgan fingerprint density at radius 1 is 0.957 bits per heavy atom. The molecule has 0 radical (unpaired) electrons. The van der Waals surface area contributed by atoms with Crippen LogP contribution in [0.1, 0.15) is 18.5 Å². The molecule has 0 spiro atoms. The van der Waals surface area contributed by atoms with Crippen LogP contribution in [-0.4, -0.2) is 9.13 Å². The van der Waals surface area contributed by atoms with Gasteiger partial charge in [-0.1, -0.05) is 35.3 Å². The molecule has 2 aromatic carbocycles. The van der Waals surface area contributed by atoms with Crippen LogP contribution in [0, 0.1) is 0 Å². The van der Waals surface area contributed by atoms with Crippen molar-refractivity contribution >= 4 is 34.1 Å². The number of hydrogen-bond acceptors (Lipinski definition) is 2. The second kappa shape index (κ2) is 5.87. The number of rotatable bonds is 2. The first kappa shape index (κ1) is 15.8. The van der Waals surface area contributed by atoms with E-state index in [1.165, 1.54) is 9.13 Å². The summed E-state index contributed by atoms with van der Waals surface area (Å²) in [6.45, 7) is 1.81. The van der Waals surface area contributed by atoms with Crippen LogP contribution in [0.15, 0.2) is 52.1 Å². The van der Waals surface area contributed by atoms with Crippen LogP contribution in [0.3, 0.4) is 0 Å². The lowest BCUT2D eigenvalue weighted by molar-refractivity contribution is 0.561. The van der Waals surface area contributed by atoms with Crippen molar-refractivity contribution in [3.05, 3.63) is 78.9 Å². The molecule has 0 bridgehead atoms. The minimum Gasteiger partial charge on any atom is -0.296 e. The van der Waals surface area contributed by atoms with Gasteiger partial charge in [-0.15, -0.1) is 0 Å². The largest absolute Gasteiger partial charge is 0.331 e. The molecule has 0 N–H and O–H groups in total. The Bertz CT molecular complexity index is 1000. The van der Waals surface area contributed by atoms with E-state index < -0.39 is 6.04 Å². The maximum Gasteiger partial charge on any atom is 0.331 e. The number of hydrogen-bond donors (Lipinski definition) is 0. The Balaban J connectivity index is 2.30. The molecule has 1 unspecified atom stereocenters. The summed E-state index contributed by atoms with van der Waals surface area (Å²) in [5, 5.41) is 1.54. The minimum atomic E-state index is -0.404. The van der Waals surface area contributed by atoms with Gasteiger partial charge in [0.25, 0.3) is 5.56 Å². The zero-order valence-electron chi connectivity index (χ0n) is 12.6. The first-order valence-corrected chi connectivity index (χ1v) is 7.82. The zero-order valence-corrected chi connectivity index (χ0v) is 14.1. The molecule has 0 saturated carbocycles. The van der Waals surface area contributed by atoms with Gasteiger partial charge in [-0.25, -0.2) is 4.79 Å². The predicted molar refractivity (Wildman–Crippen MR) is 93.7 cm³/mol. The Hall–Kier alpha value is -2.04. The summed E-state index contributed by atoms with van der Waals surface area (Å²) in [7, 11) is 1.63. The van der Waals surface area contributed by atoms with Gasteiger partial charge in [0, 0.05) is 17.1 Å². The smallest absolute Gasteiger partial charge is 0.296 e. The third-order valence-corrected chi connectivity index (χ3v) is 4.49. The van der Waals surface area contributed by atoms with Crippen molar-refractivity contribution in [1.29, 1.82) is 0 Å². The highest BCUT2D eigenvalue weighted by Crippen LogP contribution is 2.20. The lowest BCUT2D eigenvalue weighted by atomic mass is 10.1. The third kappa shape index (κ3) is 2.69. The highest BCUT2D eigenvalue weighted by atomic mass is 35.5. The summed E-state index contributed by atoms with van der Waals surface area (Å²) in [4.78, 5) is 25.4. The van der Waals surface area contributed by atoms with E-state index in [1.807, 2.05) is 19.1 Å². The standard InChI is InChI=1S/C17H14Cl2N2O2/c1-10(11-3-5-12(18)6-4-11)21-16(22)14-8-7-13(19)9-15(14)20(2)17(21)23/h3-10H,1-2H3. The fraction of sp³-hybridized carbons (Fsp3) is 0.176. The van der Waals surface area contributed by atoms with Gasteiger partial charge in [0.15, 0.2) is 0 Å². The highest BCUT2D eigenvalue weighted by molar-refractivity contribution is 6.31. The van der Waals surface area contributed by atoms with Gasteiger partial charge in [0.2, 0.25) is 0 Å². The van der Waals surface area contributed by atoms with Crippen LogP contribution in [0.5, 0.6) is 0 Å². The second-order valence-corrected chi connectivity index (χ2v) is 6.28. The van der Waals surface area contributed by atoms with E-state index in [9.17, 15) is 9.59 Å². The van der Waals surface area contributed by atoms with Crippen molar-refractivity contribution in [2.45, 2.75) is 13.0 Å². The summed E-state index contributed by atoms with van der Waals surface area (Å²) in [6, 6.07) is 11.6. The third-order valence-electron chi connectivity index (χ3n) is 4.00. The Labute approximate surface area is 142 Å². The monoisotopic (exact) mass is 348 g/mol. The van der Waals surface area contributed by atoms with Crippen molar-refractivity contribution in [2.24, 2.45) is 7.05 Å². The molecule has 0 aliphatic rings. The van der Waals surface area contributed by atoms with Gasteiger partial charge in [-0.2, -0.15) is 0 Å². The van der Waals surface area contributed by atoms with Gasteiger partial charge < -0.3 is 0 Å². The lowest BCUT2D eigenvalue weighted by Gasteiger charge is -2.17. The van der Waals surface area contributed by atoms with Crippen molar-refractivity contribution in [2.75, 3.05) is 0 Å². The van der Waals surface area contributed by atoms with Crippen LogP contribution in [0.25, 0.3) is 10.9 Å². The number of aryl methyl sites for hydroxylation is 1. The molecule has 23 heavy (non-hydrogen) atoms. The van der Waals surface area contributed by atoms with E-state index in [1.54, 1.807) is 37.4 Å². The van der Waals surface area contributed by atoms with Crippen molar-refractivity contribution in [3.63, 3.8) is 0 Å². The van der Waals surface area contributed by atoms with E-state index in [2.05, 4.69) is 0 Å². The number of halogens is 2. The topological polar surface area (TPSA) is 44.0 Å². The molecule has 1 aromatic heterocycles. The molecule has 6 heteroatoms. The SMILES string of the molecule is CC(c1ccc(Cl)cc1)n1c(=O)c2ccc(Cl)cc2n(C)c1=O. The minimum absolute atomic E-state index is 0.331. The van der Waals surface area contributed by atoms with Crippen molar-refractivity contribution in [3.8, 4) is 0 Å². The van der Waals surface area contributed by atoms with Gasteiger partial charge in [-0.3, -0.25) is 13.9 Å². The fourth-order valence-electron chi connectivity index (χ4n) is 2.68. The summed E-state index contributed by atoms with van der Waals surface area (Å²) in [5.41, 5.74) is 0.642. The first-order chi connectivity index (χ1) is 10.9. The first-order valence-electron chi connectivity index (χ1n) is 7.06. The number of benzene rings is 2. The fourth-order valence-corrected chi connectivity index (χ4v) is 2.97. The number of fused-ring (bicyclic) bond motifs is 1. The average Bonchev–Trinajstić information content (AvgIpc) is 2.53. The number of nitrogens with zero attached hydrogens (tertiary/aromatic N) is 2. The molecular formula is C17H14Cl2N2O2. The van der Waals surface area contributed by atoms with Gasteiger partial charge in [-0.05, 0) is 42.8 Å². The molecule has 3 rings (SSSR count). The molecule has 0 aliphatic heterocycles. The van der Waals surface area contributed by atoms with Crippen LogP contribution >= 0.6 is 23.2 Å². The van der Waals surface area contributed by atoms with Crippen LogP contribution in [-0.2, 0) is 7.05 Å². The van der Waals surface area contributed by atoms with Crippen molar-refractivity contribution in [1.82, 2.24) is 9.13 Å². The summed E-state index contributed by atoms with van der Waals surface area (Å²) < 4.78 is 2.69. The van der Waals surface area contributed by atoms with Crippen molar-refractivity contribution < 1.29 is 0 Å². The molecule has 0 saturated heterocycles. The van der Waals surface area contributed by atoms with Gasteiger partial charge >= 0.3 is 5.69 Å². The summed E-state index contributed by atoms with van der Waals surface area (Å²) in [6.07, 6.45) is 0. The van der Waals surface area contributed by atoms with Crippen LogP contribution < -0.4 is 11.2 Å². The predicted octanol–water partition coefficient (Wildman–Crippen LogP) is 3.62. The molecule has 0 fully saturated rings. The van der Waals surface area contributed by atoms with Gasteiger partial charge in [0.1, 0.15) is 0 Å². The van der Waals surface area contributed by atoms with E-state index in [0.29, 0.717) is 20.9 Å². The molecular weight excluding hydrogens is 335 g/mol. The van der Waals surface area contributed by atoms with E-state index in [4.69, 9.17) is 23.2 Å². The Morgan fingerprint density at radius 2 is 1.57 bits per heavy atom. The van der Waals surface area contributed by atoms with Crippen LogP contribution in [0.2, 0.25) is 10.0 Å². The number of aromatic nitrogens is 2. The normalized spacial score (nSPS) is 12.5. The maximum atomic E-state index is 12.8. The quantitative estimate of drug-likeness (QED) is 0.709. The Kier molecular flexibility index (Phi) is 4.04.